The van der Waals surface area contributed by atoms with Gasteiger partial charge in [0.2, 0.25) is 0 Å². The highest BCUT2D eigenvalue weighted by atomic mass is 16.3. The minimum absolute atomic E-state index is 0.631. The summed E-state index contributed by atoms with van der Waals surface area (Å²) >= 11 is 0. The summed E-state index contributed by atoms with van der Waals surface area (Å²) < 4.78 is 7.90. The first-order chi connectivity index (χ1) is 12.3. The van der Waals surface area contributed by atoms with Crippen molar-refractivity contribution in [3.05, 3.63) is 54.3 Å². The van der Waals surface area contributed by atoms with Crippen molar-refractivity contribution in [2.45, 2.75) is 25.8 Å². The van der Waals surface area contributed by atoms with Gasteiger partial charge in [-0.25, -0.2) is 9.97 Å². The lowest BCUT2D eigenvalue weighted by Gasteiger charge is -2.09. The molecule has 0 amide bonds. The molecular weight excluding hydrogens is 312 g/mol. The van der Waals surface area contributed by atoms with E-state index in [2.05, 4.69) is 21.7 Å². The highest BCUT2D eigenvalue weighted by molar-refractivity contribution is 5.84. The Labute approximate surface area is 144 Å². The van der Waals surface area contributed by atoms with Crippen LogP contribution in [0.2, 0.25) is 0 Å². The molecule has 2 atom stereocenters. The molecule has 25 heavy (non-hydrogen) atoms. The molecule has 122 valence electrons. The molecule has 6 rings (SSSR count). The number of hydrogen-bond donors (Lipinski definition) is 0. The summed E-state index contributed by atoms with van der Waals surface area (Å²) in [6, 6.07) is 12.3. The monoisotopic (exact) mass is 328 g/mol. The van der Waals surface area contributed by atoms with E-state index in [0.717, 1.165) is 51.9 Å². The second kappa shape index (κ2) is 4.57. The first-order valence-corrected chi connectivity index (χ1v) is 8.66. The second-order valence-electron chi connectivity index (χ2n) is 7.08. The standard InChI is InChI=1S/C20H16N4O/c1-11-3-2-4-16(22-11)18-19(24-9-13-7-14(13)20(24)23-18)12-5-6-15-17(8-12)25-10-21-15/h2-6,8,10,13-14H,7,9H2,1H3. The van der Waals surface area contributed by atoms with Crippen molar-refractivity contribution in [2.75, 3.05) is 0 Å². The molecule has 0 saturated heterocycles. The van der Waals surface area contributed by atoms with Gasteiger partial charge in [-0.15, -0.1) is 0 Å². The van der Waals surface area contributed by atoms with Crippen LogP contribution in [-0.2, 0) is 6.54 Å². The highest BCUT2D eigenvalue weighted by Gasteiger charge is 2.48. The van der Waals surface area contributed by atoms with Gasteiger partial charge in [-0.3, -0.25) is 4.98 Å². The third kappa shape index (κ3) is 1.86. The molecule has 1 aliphatic carbocycles. The van der Waals surface area contributed by atoms with E-state index in [1.807, 2.05) is 31.2 Å². The maximum Gasteiger partial charge on any atom is 0.181 e. The normalized spacial score (nSPS) is 20.7. The Morgan fingerprint density at radius 1 is 1.16 bits per heavy atom. The molecule has 0 radical (unpaired) electrons. The van der Waals surface area contributed by atoms with E-state index in [9.17, 15) is 0 Å². The molecule has 2 aliphatic rings. The molecule has 5 heteroatoms. The van der Waals surface area contributed by atoms with Gasteiger partial charge < -0.3 is 8.98 Å². The van der Waals surface area contributed by atoms with Gasteiger partial charge in [0, 0.05) is 23.7 Å². The molecule has 1 fully saturated rings. The van der Waals surface area contributed by atoms with Gasteiger partial charge in [0.15, 0.2) is 12.0 Å². The first kappa shape index (κ1) is 13.4. The molecule has 1 saturated carbocycles. The number of rotatable bonds is 2. The van der Waals surface area contributed by atoms with Gasteiger partial charge >= 0.3 is 0 Å². The Morgan fingerprint density at radius 2 is 2.12 bits per heavy atom. The van der Waals surface area contributed by atoms with Crippen molar-refractivity contribution < 1.29 is 4.42 Å². The van der Waals surface area contributed by atoms with Gasteiger partial charge in [-0.05, 0) is 43.5 Å². The van der Waals surface area contributed by atoms with Gasteiger partial charge in [0.1, 0.15) is 17.0 Å². The Kier molecular flexibility index (Phi) is 2.44. The lowest BCUT2D eigenvalue weighted by molar-refractivity contribution is 0.602. The van der Waals surface area contributed by atoms with Crippen molar-refractivity contribution in [1.29, 1.82) is 0 Å². The highest BCUT2D eigenvalue weighted by Crippen LogP contribution is 2.55. The molecule has 2 unspecified atom stereocenters. The van der Waals surface area contributed by atoms with Crippen LogP contribution in [0.5, 0.6) is 0 Å². The maximum absolute atomic E-state index is 5.51. The fourth-order valence-electron chi connectivity index (χ4n) is 4.09. The van der Waals surface area contributed by atoms with Crippen molar-refractivity contribution in [3.63, 3.8) is 0 Å². The van der Waals surface area contributed by atoms with Crippen LogP contribution in [0.25, 0.3) is 33.7 Å². The summed E-state index contributed by atoms with van der Waals surface area (Å²) in [5.41, 5.74) is 6.87. The number of pyridine rings is 1. The molecule has 5 nitrogen and oxygen atoms in total. The Morgan fingerprint density at radius 3 is 3.04 bits per heavy atom. The molecule has 0 N–H and O–H groups in total. The van der Waals surface area contributed by atoms with Crippen LogP contribution in [0, 0.1) is 12.8 Å². The third-order valence-electron chi connectivity index (χ3n) is 5.40. The SMILES string of the molecule is Cc1cccc(-c2nc3n(c2-c2ccc4ncoc4c2)CC2CC32)n1. The number of imidazole rings is 1. The third-order valence-corrected chi connectivity index (χ3v) is 5.40. The lowest BCUT2D eigenvalue weighted by Crippen LogP contribution is -2.00. The Hall–Kier alpha value is -2.95. The maximum atomic E-state index is 5.51. The van der Waals surface area contributed by atoms with Crippen molar-refractivity contribution in [3.8, 4) is 22.6 Å². The molecular formula is C20H16N4O. The summed E-state index contributed by atoms with van der Waals surface area (Å²) in [5.74, 6) is 2.62. The van der Waals surface area contributed by atoms with Crippen LogP contribution in [0.1, 0.15) is 23.9 Å². The number of hydrogen-bond acceptors (Lipinski definition) is 4. The number of benzene rings is 1. The molecule has 0 bridgehead atoms. The Balaban J connectivity index is 1.62. The minimum atomic E-state index is 0.631. The summed E-state index contributed by atoms with van der Waals surface area (Å²) in [6.07, 6.45) is 2.77. The predicted molar refractivity (Wildman–Crippen MR) is 94.0 cm³/mol. The Bertz CT molecular complexity index is 1140. The van der Waals surface area contributed by atoms with E-state index in [-0.39, 0.29) is 0 Å². The van der Waals surface area contributed by atoms with Crippen molar-refractivity contribution in [1.82, 2.24) is 19.5 Å². The zero-order chi connectivity index (χ0) is 16.5. The van der Waals surface area contributed by atoms with Crippen LogP contribution < -0.4 is 0 Å². The molecule has 0 spiro atoms. The molecule has 4 aromatic rings. The van der Waals surface area contributed by atoms with E-state index in [1.54, 1.807) is 0 Å². The van der Waals surface area contributed by atoms with Gasteiger partial charge in [-0.1, -0.05) is 12.1 Å². The minimum Gasteiger partial charge on any atom is -0.443 e. The van der Waals surface area contributed by atoms with Crippen LogP contribution in [-0.4, -0.2) is 19.5 Å². The van der Waals surface area contributed by atoms with Gasteiger partial charge in [0.05, 0.1) is 11.4 Å². The number of fused-ring (bicyclic) bond motifs is 4. The summed E-state index contributed by atoms with van der Waals surface area (Å²) in [6.45, 7) is 3.08. The lowest BCUT2D eigenvalue weighted by atomic mass is 10.1. The number of aryl methyl sites for hydroxylation is 1. The molecule has 4 heterocycles. The molecule has 3 aromatic heterocycles. The van der Waals surface area contributed by atoms with Crippen molar-refractivity contribution in [2.24, 2.45) is 5.92 Å². The summed E-state index contributed by atoms with van der Waals surface area (Å²) in [7, 11) is 0. The predicted octanol–water partition coefficient (Wildman–Crippen LogP) is 4.18. The van der Waals surface area contributed by atoms with Gasteiger partial charge in [0.25, 0.3) is 0 Å². The average Bonchev–Trinajstić information content (AvgIpc) is 2.98. The molecule has 1 aromatic carbocycles. The van der Waals surface area contributed by atoms with Crippen molar-refractivity contribution >= 4 is 11.1 Å². The largest absolute Gasteiger partial charge is 0.443 e. The van der Waals surface area contributed by atoms with E-state index in [0.29, 0.717) is 5.92 Å². The van der Waals surface area contributed by atoms with E-state index in [1.165, 1.54) is 18.6 Å². The van der Waals surface area contributed by atoms with Crippen LogP contribution in [0.4, 0.5) is 0 Å². The van der Waals surface area contributed by atoms with Crippen LogP contribution in [0.15, 0.2) is 47.2 Å². The smallest absolute Gasteiger partial charge is 0.181 e. The zero-order valence-electron chi connectivity index (χ0n) is 13.8. The number of oxazole rings is 1. The number of aromatic nitrogens is 4. The van der Waals surface area contributed by atoms with E-state index < -0.39 is 0 Å². The molecule has 1 aliphatic heterocycles. The fraction of sp³-hybridized carbons (Fsp3) is 0.250. The number of nitrogens with zero attached hydrogens (tertiary/aromatic N) is 4. The zero-order valence-corrected chi connectivity index (χ0v) is 13.8. The summed E-state index contributed by atoms with van der Waals surface area (Å²) in [4.78, 5) is 14.0. The quantitative estimate of drug-likeness (QED) is 0.554. The summed E-state index contributed by atoms with van der Waals surface area (Å²) in [5, 5.41) is 0. The topological polar surface area (TPSA) is 56.7 Å². The van der Waals surface area contributed by atoms with Crippen LogP contribution in [0.3, 0.4) is 0 Å². The van der Waals surface area contributed by atoms with Gasteiger partial charge in [-0.2, -0.15) is 0 Å². The van der Waals surface area contributed by atoms with E-state index >= 15 is 0 Å². The second-order valence-corrected chi connectivity index (χ2v) is 7.08. The first-order valence-electron chi connectivity index (χ1n) is 8.66. The van der Waals surface area contributed by atoms with E-state index in [4.69, 9.17) is 14.4 Å². The average molecular weight is 328 g/mol. The van der Waals surface area contributed by atoms with Crippen LogP contribution >= 0.6 is 0 Å². The fourth-order valence-corrected chi connectivity index (χ4v) is 4.09.